The lowest BCUT2D eigenvalue weighted by Gasteiger charge is -2.38. The molecule has 1 saturated carbocycles. The van der Waals surface area contributed by atoms with Gasteiger partial charge in [-0.2, -0.15) is 0 Å². The number of carboxylic acid groups (broad SMARTS) is 1. The summed E-state index contributed by atoms with van der Waals surface area (Å²) in [5.41, 5.74) is 1.23. The van der Waals surface area contributed by atoms with Crippen LogP contribution >= 0.6 is 0 Å². The second-order valence-electron chi connectivity index (χ2n) is 5.01. The molecule has 1 aliphatic carbocycles. The van der Waals surface area contributed by atoms with Crippen LogP contribution in [-0.4, -0.2) is 23.5 Å². The zero-order chi connectivity index (χ0) is 12.8. The summed E-state index contributed by atoms with van der Waals surface area (Å²) in [7, 11) is 0. The molecule has 1 aromatic carbocycles. The second-order valence-corrected chi connectivity index (χ2v) is 5.01. The van der Waals surface area contributed by atoms with Gasteiger partial charge in [-0.25, -0.2) is 4.79 Å². The number of carbonyl (C=O) groups is 2. The minimum Gasteiger partial charge on any atom is -0.478 e. The first-order valence-corrected chi connectivity index (χ1v) is 6.03. The lowest BCUT2D eigenvalue weighted by molar-refractivity contribution is -0.129. The molecule has 1 spiro atoms. The molecule has 0 aromatic heterocycles. The topological polar surface area (TPSA) is 78.4 Å². The van der Waals surface area contributed by atoms with Crippen molar-refractivity contribution in [3.8, 4) is 0 Å². The van der Waals surface area contributed by atoms with Gasteiger partial charge >= 0.3 is 5.97 Å². The van der Waals surface area contributed by atoms with E-state index in [0.717, 1.165) is 24.9 Å². The van der Waals surface area contributed by atoms with E-state index in [2.05, 4.69) is 10.6 Å². The van der Waals surface area contributed by atoms with Crippen LogP contribution in [0, 0.1) is 5.41 Å². The number of rotatable bonds is 1. The summed E-state index contributed by atoms with van der Waals surface area (Å²) < 4.78 is 0. The summed E-state index contributed by atoms with van der Waals surface area (Å²) in [6.07, 6.45) is 2.86. The zero-order valence-corrected chi connectivity index (χ0v) is 9.82. The quantitative estimate of drug-likeness (QED) is 0.707. The Morgan fingerprint density at radius 1 is 1.28 bits per heavy atom. The van der Waals surface area contributed by atoms with Crippen LogP contribution in [0.3, 0.4) is 0 Å². The molecular formula is C13H14N2O3. The van der Waals surface area contributed by atoms with E-state index in [1.54, 1.807) is 12.1 Å². The molecule has 0 unspecified atom stereocenters. The van der Waals surface area contributed by atoms with Crippen LogP contribution in [0.4, 0.5) is 11.4 Å². The highest BCUT2D eigenvalue weighted by molar-refractivity contribution is 6.02. The van der Waals surface area contributed by atoms with Crippen LogP contribution in [0.1, 0.15) is 29.6 Å². The normalized spacial score (nSPS) is 20.1. The first-order valence-electron chi connectivity index (χ1n) is 6.03. The lowest BCUT2D eigenvalue weighted by atomic mass is 9.68. The third-order valence-electron chi connectivity index (χ3n) is 3.92. The fourth-order valence-corrected chi connectivity index (χ4v) is 2.54. The molecular weight excluding hydrogens is 232 g/mol. The van der Waals surface area contributed by atoms with Crippen LogP contribution in [0.2, 0.25) is 0 Å². The molecule has 1 amide bonds. The number of anilines is 2. The van der Waals surface area contributed by atoms with Crippen LogP contribution in [0.15, 0.2) is 18.2 Å². The Bertz CT molecular complexity index is 535. The number of aromatic carboxylic acids is 1. The SMILES string of the molecule is O=C(O)c1ccc2c(c1)NC(=O)C1(CCC1)CN2. The number of carboxylic acids is 1. The molecule has 0 bridgehead atoms. The molecule has 1 aliphatic heterocycles. The highest BCUT2D eigenvalue weighted by Crippen LogP contribution is 2.44. The van der Waals surface area contributed by atoms with Crippen LogP contribution in [0.25, 0.3) is 0 Å². The van der Waals surface area contributed by atoms with Crippen molar-refractivity contribution in [3.05, 3.63) is 23.8 Å². The number of hydrogen-bond donors (Lipinski definition) is 3. The second kappa shape index (κ2) is 3.73. The standard InChI is InChI=1S/C13H14N2O3/c16-11(17)8-2-3-9-10(6-8)15-12(18)13(7-14-9)4-1-5-13/h2-3,6,14H,1,4-5,7H2,(H,15,18)(H,16,17). The van der Waals surface area contributed by atoms with Gasteiger partial charge in [0.1, 0.15) is 0 Å². The minimum atomic E-state index is -0.991. The summed E-state index contributed by atoms with van der Waals surface area (Å²) in [4.78, 5) is 23.1. The number of benzene rings is 1. The fourth-order valence-electron chi connectivity index (χ4n) is 2.54. The average Bonchev–Trinajstić information content (AvgIpc) is 2.43. The number of amides is 1. The Morgan fingerprint density at radius 3 is 2.67 bits per heavy atom. The number of nitrogens with one attached hydrogen (secondary N) is 2. The van der Waals surface area contributed by atoms with Crippen molar-refractivity contribution < 1.29 is 14.7 Å². The summed E-state index contributed by atoms with van der Waals surface area (Å²) in [6, 6.07) is 4.75. The van der Waals surface area contributed by atoms with Crippen molar-refractivity contribution in [1.29, 1.82) is 0 Å². The van der Waals surface area contributed by atoms with Gasteiger partial charge in [0.25, 0.3) is 0 Å². The van der Waals surface area contributed by atoms with Crippen molar-refractivity contribution in [3.63, 3.8) is 0 Å². The van der Waals surface area contributed by atoms with Gasteiger partial charge in [0.2, 0.25) is 5.91 Å². The van der Waals surface area contributed by atoms with Gasteiger partial charge in [-0.15, -0.1) is 0 Å². The van der Waals surface area contributed by atoms with Gasteiger partial charge in [-0.3, -0.25) is 4.79 Å². The maximum absolute atomic E-state index is 12.2. The van der Waals surface area contributed by atoms with Crippen molar-refractivity contribution in [2.45, 2.75) is 19.3 Å². The number of fused-ring (bicyclic) bond motifs is 1. The predicted octanol–water partition coefficient (Wildman–Crippen LogP) is 1.92. The monoisotopic (exact) mass is 246 g/mol. The largest absolute Gasteiger partial charge is 0.478 e. The highest BCUT2D eigenvalue weighted by Gasteiger charge is 2.45. The van der Waals surface area contributed by atoms with E-state index in [9.17, 15) is 9.59 Å². The molecule has 5 heteroatoms. The summed E-state index contributed by atoms with van der Waals surface area (Å²) in [5.74, 6) is -0.989. The predicted molar refractivity (Wildman–Crippen MR) is 66.8 cm³/mol. The molecule has 0 radical (unpaired) electrons. The molecule has 1 heterocycles. The third-order valence-corrected chi connectivity index (χ3v) is 3.92. The van der Waals surface area contributed by atoms with E-state index >= 15 is 0 Å². The molecule has 2 aliphatic rings. The first kappa shape index (κ1) is 11.1. The maximum Gasteiger partial charge on any atom is 0.335 e. The summed E-state index contributed by atoms with van der Waals surface area (Å²) in [5, 5.41) is 15.0. The maximum atomic E-state index is 12.2. The van der Waals surface area contributed by atoms with Crippen LogP contribution in [0.5, 0.6) is 0 Å². The van der Waals surface area contributed by atoms with Crippen LogP contribution in [-0.2, 0) is 4.79 Å². The molecule has 0 saturated heterocycles. The Labute approximate surface area is 104 Å². The Balaban J connectivity index is 1.96. The zero-order valence-electron chi connectivity index (χ0n) is 9.82. The Kier molecular flexibility index (Phi) is 2.29. The van der Waals surface area contributed by atoms with Crippen molar-refractivity contribution in [2.24, 2.45) is 5.41 Å². The van der Waals surface area contributed by atoms with E-state index in [-0.39, 0.29) is 16.9 Å². The molecule has 0 atom stereocenters. The van der Waals surface area contributed by atoms with E-state index in [4.69, 9.17) is 5.11 Å². The van der Waals surface area contributed by atoms with Gasteiger partial charge < -0.3 is 15.7 Å². The van der Waals surface area contributed by atoms with Gasteiger partial charge in [0, 0.05) is 6.54 Å². The first-order chi connectivity index (χ1) is 8.61. The smallest absolute Gasteiger partial charge is 0.335 e. The fraction of sp³-hybridized carbons (Fsp3) is 0.385. The Hall–Kier alpha value is -2.04. The number of hydrogen-bond acceptors (Lipinski definition) is 3. The summed E-state index contributed by atoms with van der Waals surface area (Å²) in [6.45, 7) is 0.623. The van der Waals surface area contributed by atoms with E-state index < -0.39 is 5.97 Å². The molecule has 3 rings (SSSR count). The minimum absolute atomic E-state index is 0.00235. The van der Waals surface area contributed by atoms with Crippen LogP contribution < -0.4 is 10.6 Å². The highest BCUT2D eigenvalue weighted by atomic mass is 16.4. The van der Waals surface area contributed by atoms with Crippen molar-refractivity contribution in [1.82, 2.24) is 0 Å². The average molecular weight is 246 g/mol. The Morgan fingerprint density at radius 2 is 2.06 bits per heavy atom. The van der Waals surface area contributed by atoms with Gasteiger partial charge in [-0.1, -0.05) is 6.42 Å². The van der Waals surface area contributed by atoms with Gasteiger partial charge in [-0.05, 0) is 31.0 Å². The molecule has 1 fully saturated rings. The van der Waals surface area contributed by atoms with Crippen molar-refractivity contribution in [2.75, 3.05) is 17.2 Å². The molecule has 18 heavy (non-hydrogen) atoms. The number of carbonyl (C=O) groups excluding carboxylic acids is 1. The summed E-state index contributed by atoms with van der Waals surface area (Å²) >= 11 is 0. The van der Waals surface area contributed by atoms with Gasteiger partial charge in [0.05, 0.1) is 22.4 Å². The van der Waals surface area contributed by atoms with E-state index in [1.807, 2.05) is 0 Å². The third kappa shape index (κ3) is 1.54. The lowest BCUT2D eigenvalue weighted by Crippen LogP contribution is -2.45. The molecule has 5 nitrogen and oxygen atoms in total. The molecule has 3 N–H and O–H groups in total. The van der Waals surface area contributed by atoms with E-state index in [1.165, 1.54) is 6.07 Å². The molecule has 1 aromatic rings. The van der Waals surface area contributed by atoms with E-state index in [0.29, 0.717) is 12.2 Å². The molecule has 94 valence electrons. The van der Waals surface area contributed by atoms with Crippen molar-refractivity contribution >= 4 is 23.3 Å². The van der Waals surface area contributed by atoms with Gasteiger partial charge in [0.15, 0.2) is 0 Å².